The zero-order valence-electron chi connectivity index (χ0n) is 7.53. The highest BCUT2D eigenvalue weighted by molar-refractivity contribution is 5.88. The number of hydrogen-bond donors (Lipinski definition) is 2. The molecule has 0 saturated heterocycles. The fourth-order valence-electron chi connectivity index (χ4n) is 1.15. The molecule has 1 aromatic heterocycles. The SMILES string of the molecule is Nc1nnnn1-c1cccc(C(=O)O)c1. The van der Waals surface area contributed by atoms with Crippen LogP contribution in [0.2, 0.25) is 0 Å². The molecule has 0 spiro atoms. The summed E-state index contributed by atoms with van der Waals surface area (Å²) in [4.78, 5) is 10.7. The Labute approximate surface area is 84.1 Å². The number of carboxylic acids is 1. The van der Waals surface area contributed by atoms with Crippen LogP contribution in [0.25, 0.3) is 5.69 Å². The van der Waals surface area contributed by atoms with Crippen LogP contribution in [0, 0.1) is 0 Å². The Morgan fingerprint density at radius 3 is 2.87 bits per heavy atom. The maximum absolute atomic E-state index is 10.7. The lowest BCUT2D eigenvalue weighted by atomic mass is 10.2. The van der Waals surface area contributed by atoms with Crippen LogP contribution >= 0.6 is 0 Å². The molecule has 0 radical (unpaired) electrons. The topological polar surface area (TPSA) is 107 Å². The molecule has 0 aliphatic rings. The van der Waals surface area contributed by atoms with Crippen molar-refractivity contribution in [1.82, 2.24) is 20.2 Å². The van der Waals surface area contributed by atoms with Crippen molar-refractivity contribution in [1.29, 1.82) is 0 Å². The number of benzene rings is 1. The van der Waals surface area contributed by atoms with E-state index < -0.39 is 5.97 Å². The quantitative estimate of drug-likeness (QED) is 0.711. The largest absolute Gasteiger partial charge is 0.478 e. The molecule has 0 aliphatic carbocycles. The van der Waals surface area contributed by atoms with Gasteiger partial charge in [0, 0.05) is 0 Å². The van der Waals surface area contributed by atoms with Gasteiger partial charge in [-0.3, -0.25) is 0 Å². The number of tetrazole rings is 1. The molecular weight excluding hydrogens is 198 g/mol. The van der Waals surface area contributed by atoms with Gasteiger partial charge in [0.2, 0.25) is 5.95 Å². The van der Waals surface area contributed by atoms with Gasteiger partial charge in [-0.2, -0.15) is 4.68 Å². The van der Waals surface area contributed by atoms with Crippen molar-refractivity contribution in [2.75, 3.05) is 5.73 Å². The molecule has 15 heavy (non-hydrogen) atoms. The number of anilines is 1. The second kappa shape index (κ2) is 3.37. The third-order valence-corrected chi connectivity index (χ3v) is 1.83. The molecule has 1 heterocycles. The highest BCUT2D eigenvalue weighted by Gasteiger charge is 2.07. The van der Waals surface area contributed by atoms with Gasteiger partial charge >= 0.3 is 5.97 Å². The van der Waals surface area contributed by atoms with E-state index in [1.807, 2.05) is 0 Å². The summed E-state index contributed by atoms with van der Waals surface area (Å²) in [7, 11) is 0. The molecule has 1 aromatic carbocycles. The smallest absolute Gasteiger partial charge is 0.335 e. The first-order chi connectivity index (χ1) is 7.18. The molecule has 0 aliphatic heterocycles. The number of aromatic carboxylic acids is 1. The van der Waals surface area contributed by atoms with E-state index >= 15 is 0 Å². The van der Waals surface area contributed by atoms with Gasteiger partial charge in [0.25, 0.3) is 0 Å². The van der Waals surface area contributed by atoms with Crippen LogP contribution in [0.15, 0.2) is 24.3 Å². The second-order valence-electron chi connectivity index (χ2n) is 2.80. The molecule has 0 saturated carbocycles. The van der Waals surface area contributed by atoms with Crippen molar-refractivity contribution in [3.63, 3.8) is 0 Å². The molecular formula is C8H7N5O2. The third kappa shape index (κ3) is 1.62. The lowest BCUT2D eigenvalue weighted by Gasteiger charge is -2.01. The van der Waals surface area contributed by atoms with Gasteiger partial charge in [-0.1, -0.05) is 11.2 Å². The van der Waals surface area contributed by atoms with E-state index in [0.29, 0.717) is 5.69 Å². The average Bonchev–Trinajstić information content (AvgIpc) is 2.64. The summed E-state index contributed by atoms with van der Waals surface area (Å²) < 4.78 is 1.26. The minimum Gasteiger partial charge on any atom is -0.478 e. The van der Waals surface area contributed by atoms with Crippen LogP contribution in [0.3, 0.4) is 0 Å². The van der Waals surface area contributed by atoms with Crippen LogP contribution in [-0.4, -0.2) is 31.3 Å². The summed E-state index contributed by atoms with van der Waals surface area (Å²) in [5, 5.41) is 19.3. The van der Waals surface area contributed by atoms with E-state index in [-0.39, 0.29) is 11.5 Å². The van der Waals surface area contributed by atoms with Gasteiger partial charge in [0.1, 0.15) is 0 Å². The molecule has 0 atom stereocenters. The molecule has 3 N–H and O–H groups in total. The zero-order chi connectivity index (χ0) is 10.8. The Morgan fingerprint density at radius 1 is 1.47 bits per heavy atom. The molecule has 7 nitrogen and oxygen atoms in total. The van der Waals surface area contributed by atoms with Crippen LogP contribution < -0.4 is 5.73 Å². The van der Waals surface area contributed by atoms with Gasteiger partial charge in [0.15, 0.2) is 0 Å². The minimum atomic E-state index is -1.01. The summed E-state index contributed by atoms with van der Waals surface area (Å²) in [6.07, 6.45) is 0. The normalized spacial score (nSPS) is 10.1. The number of carbonyl (C=O) groups is 1. The van der Waals surface area contributed by atoms with E-state index in [9.17, 15) is 4.79 Å². The number of nitrogens with two attached hydrogens (primary N) is 1. The van der Waals surface area contributed by atoms with E-state index in [1.54, 1.807) is 12.1 Å². The first-order valence-electron chi connectivity index (χ1n) is 4.06. The summed E-state index contributed by atoms with van der Waals surface area (Å²) >= 11 is 0. The lowest BCUT2D eigenvalue weighted by Crippen LogP contribution is -2.04. The van der Waals surface area contributed by atoms with Gasteiger partial charge in [-0.15, -0.1) is 0 Å². The van der Waals surface area contributed by atoms with Crippen molar-refractivity contribution in [2.45, 2.75) is 0 Å². The van der Waals surface area contributed by atoms with E-state index in [2.05, 4.69) is 15.5 Å². The molecule has 0 fully saturated rings. The lowest BCUT2D eigenvalue weighted by molar-refractivity contribution is 0.0697. The van der Waals surface area contributed by atoms with Crippen molar-refractivity contribution in [3.8, 4) is 5.69 Å². The summed E-state index contributed by atoms with van der Waals surface area (Å²) in [5.41, 5.74) is 6.14. The standard InChI is InChI=1S/C8H7N5O2/c9-8-10-11-12-13(8)6-3-1-2-5(4-6)7(14)15/h1-4H,(H,14,15)(H2,9,10,12). The Hall–Kier alpha value is -2.44. The van der Waals surface area contributed by atoms with Crippen molar-refractivity contribution in [3.05, 3.63) is 29.8 Å². The van der Waals surface area contributed by atoms with Crippen molar-refractivity contribution >= 4 is 11.9 Å². The molecule has 0 unspecified atom stereocenters. The number of hydrogen-bond acceptors (Lipinski definition) is 5. The van der Waals surface area contributed by atoms with E-state index in [4.69, 9.17) is 10.8 Å². The maximum atomic E-state index is 10.7. The molecule has 0 amide bonds. The number of nitrogens with zero attached hydrogens (tertiary/aromatic N) is 4. The average molecular weight is 205 g/mol. The molecule has 7 heteroatoms. The Bertz CT molecular complexity index is 507. The van der Waals surface area contributed by atoms with E-state index in [0.717, 1.165) is 0 Å². The highest BCUT2D eigenvalue weighted by Crippen LogP contribution is 2.11. The first-order valence-corrected chi connectivity index (χ1v) is 4.06. The predicted octanol–water partition coefficient (Wildman–Crippen LogP) is -0.0573. The number of carboxylic acid groups (broad SMARTS) is 1. The summed E-state index contributed by atoms with van der Waals surface area (Å²) in [5.74, 6) is -0.902. The molecule has 2 aromatic rings. The van der Waals surface area contributed by atoms with Crippen LogP contribution in [0.4, 0.5) is 5.95 Å². The molecule has 0 bridgehead atoms. The van der Waals surface area contributed by atoms with E-state index in [1.165, 1.54) is 16.8 Å². The number of nitrogen functional groups attached to an aromatic ring is 1. The summed E-state index contributed by atoms with van der Waals surface area (Å²) in [6.45, 7) is 0. The number of aromatic nitrogens is 4. The Balaban J connectivity index is 2.50. The second-order valence-corrected chi connectivity index (χ2v) is 2.80. The maximum Gasteiger partial charge on any atom is 0.335 e. The van der Waals surface area contributed by atoms with Crippen molar-refractivity contribution < 1.29 is 9.90 Å². The predicted molar refractivity (Wildman–Crippen MR) is 50.5 cm³/mol. The minimum absolute atomic E-state index is 0.109. The van der Waals surface area contributed by atoms with Crippen LogP contribution in [0.5, 0.6) is 0 Å². The van der Waals surface area contributed by atoms with Gasteiger partial charge in [-0.05, 0) is 28.6 Å². The zero-order valence-corrected chi connectivity index (χ0v) is 7.53. The summed E-state index contributed by atoms with van der Waals surface area (Å²) in [6, 6.07) is 6.18. The highest BCUT2D eigenvalue weighted by atomic mass is 16.4. The van der Waals surface area contributed by atoms with Gasteiger partial charge in [-0.25, -0.2) is 4.79 Å². The van der Waals surface area contributed by atoms with Gasteiger partial charge in [0.05, 0.1) is 11.3 Å². The third-order valence-electron chi connectivity index (χ3n) is 1.83. The Kier molecular flexibility index (Phi) is 2.05. The Morgan fingerprint density at radius 2 is 2.27 bits per heavy atom. The van der Waals surface area contributed by atoms with Crippen LogP contribution in [-0.2, 0) is 0 Å². The van der Waals surface area contributed by atoms with Crippen molar-refractivity contribution in [2.24, 2.45) is 0 Å². The molecule has 2 rings (SSSR count). The fourth-order valence-corrected chi connectivity index (χ4v) is 1.15. The number of rotatable bonds is 2. The van der Waals surface area contributed by atoms with Crippen LogP contribution in [0.1, 0.15) is 10.4 Å². The first kappa shape index (κ1) is 9.13. The fraction of sp³-hybridized carbons (Fsp3) is 0. The monoisotopic (exact) mass is 205 g/mol. The van der Waals surface area contributed by atoms with Gasteiger partial charge < -0.3 is 10.8 Å². The molecule has 76 valence electrons.